The summed E-state index contributed by atoms with van der Waals surface area (Å²) in [5.74, 6) is -1.71. The number of carbonyl (C=O) groups excluding carboxylic acids is 2. The number of aliphatic hydroxyl groups is 1. The molecule has 0 aliphatic carbocycles. The van der Waals surface area contributed by atoms with Crippen molar-refractivity contribution < 1.29 is 14.7 Å². The first-order valence-corrected chi connectivity index (χ1v) is 11.4. The predicted molar refractivity (Wildman–Crippen MR) is 128 cm³/mol. The molecular formula is C24H16BrN3O3S. The number of rotatable bonds is 3. The number of ketones is 1. The van der Waals surface area contributed by atoms with E-state index in [0.29, 0.717) is 16.3 Å². The molecule has 2 aromatic carbocycles. The number of aryl methyl sites for hydroxylation is 1. The number of thiazole rings is 1. The molecule has 5 rings (SSSR count). The van der Waals surface area contributed by atoms with Crippen LogP contribution in [0.4, 0.5) is 5.13 Å². The van der Waals surface area contributed by atoms with Crippen LogP contribution in [0.1, 0.15) is 22.7 Å². The Labute approximate surface area is 196 Å². The van der Waals surface area contributed by atoms with Gasteiger partial charge in [0.15, 0.2) is 5.13 Å². The first-order chi connectivity index (χ1) is 15.4. The van der Waals surface area contributed by atoms with E-state index >= 15 is 0 Å². The second-order valence-corrected chi connectivity index (χ2v) is 9.35. The van der Waals surface area contributed by atoms with Crippen LogP contribution >= 0.6 is 27.3 Å². The molecule has 1 fully saturated rings. The zero-order chi connectivity index (χ0) is 22.4. The van der Waals surface area contributed by atoms with Gasteiger partial charge in [0.2, 0.25) is 0 Å². The van der Waals surface area contributed by atoms with Gasteiger partial charge in [-0.25, -0.2) is 4.98 Å². The SMILES string of the molecule is Cc1ccc2nc(N3C(=O)C(=O)/C(=C(/O)c4ccncc4)C3c3cccc(Br)c3)sc2c1. The predicted octanol–water partition coefficient (Wildman–Crippen LogP) is 5.39. The van der Waals surface area contributed by atoms with E-state index in [1.54, 1.807) is 12.1 Å². The van der Waals surface area contributed by atoms with Gasteiger partial charge < -0.3 is 5.11 Å². The van der Waals surface area contributed by atoms with Crippen molar-refractivity contribution in [3.05, 3.63) is 93.7 Å². The Kier molecular flexibility index (Phi) is 5.11. The topological polar surface area (TPSA) is 83.4 Å². The fourth-order valence-electron chi connectivity index (χ4n) is 3.81. The zero-order valence-electron chi connectivity index (χ0n) is 16.8. The van der Waals surface area contributed by atoms with Crippen molar-refractivity contribution in [2.75, 3.05) is 4.90 Å². The Morgan fingerprint density at radius 1 is 1.09 bits per heavy atom. The van der Waals surface area contributed by atoms with Crippen molar-refractivity contribution in [2.45, 2.75) is 13.0 Å². The molecule has 1 amide bonds. The lowest BCUT2D eigenvalue weighted by molar-refractivity contribution is -0.132. The van der Waals surface area contributed by atoms with Gasteiger partial charge in [-0.2, -0.15) is 0 Å². The molecule has 1 unspecified atom stereocenters. The van der Waals surface area contributed by atoms with Crippen molar-refractivity contribution in [1.82, 2.24) is 9.97 Å². The molecule has 1 aliphatic rings. The number of halogens is 1. The molecule has 4 aromatic rings. The van der Waals surface area contributed by atoms with Gasteiger partial charge in [0.1, 0.15) is 5.76 Å². The third-order valence-electron chi connectivity index (χ3n) is 5.30. The van der Waals surface area contributed by atoms with E-state index in [0.717, 1.165) is 20.3 Å². The number of benzene rings is 2. The van der Waals surface area contributed by atoms with Gasteiger partial charge in [0.25, 0.3) is 5.78 Å². The Bertz CT molecular complexity index is 1410. The number of amides is 1. The van der Waals surface area contributed by atoms with E-state index in [4.69, 9.17) is 0 Å². The van der Waals surface area contributed by atoms with E-state index in [1.807, 2.05) is 49.4 Å². The summed E-state index contributed by atoms with van der Waals surface area (Å²) in [5.41, 5.74) is 2.95. The second kappa shape index (κ2) is 7.96. The van der Waals surface area contributed by atoms with E-state index in [-0.39, 0.29) is 11.3 Å². The fourth-order valence-corrected chi connectivity index (χ4v) is 5.32. The van der Waals surface area contributed by atoms with Crippen LogP contribution in [0, 0.1) is 6.92 Å². The summed E-state index contributed by atoms with van der Waals surface area (Å²) in [7, 11) is 0. The van der Waals surface area contributed by atoms with Gasteiger partial charge in [-0.05, 0) is 54.4 Å². The summed E-state index contributed by atoms with van der Waals surface area (Å²) >= 11 is 4.81. The number of Topliss-reactive ketones (excluding diaryl/α,β-unsaturated/α-hetero) is 1. The quantitative estimate of drug-likeness (QED) is 0.229. The molecule has 6 nitrogen and oxygen atoms in total. The van der Waals surface area contributed by atoms with E-state index < -0.39 is 17.7 Å². The number of carbonyl (C=O) groups is 2. The molecule has 0 saturated carbocycles. The van der Waals surface area contributed by atoms with Gasteiger partial charge in [-0.15, -0.1) is 0 Å². The molecule has 2 aromatic heterocycles. The van der Waals surface area contributed by atoms with E-state index in [9.17, 15) is 14.7 Å². The second-order valence-electron chi connectivity index (χ2n) is 7.43. The number of hydrogen-bond donors (Lipinski definition) is 1. The molecule has 1 N–H and O–H groups in total. The molecule has 0 bridgehead atoms. The Hall–Kier alpha value is -3.36. The van der Waals surface area contributed by atoms with Crippen LogP contribution in [-0.2, 0) is 9.59 Å². The molecular weight excluding hydrogens is 490 g/mol. The number of anilines is 1. The van der Waals surface area contributed by atoms with Crippen LogP contribution < -0.4 is 4.90 Å². The van der Waals surface area contributed by atoms with Crippen LogP contribution in [-0.4, -0.2) is 26.8 Å². The van der Waals surface area contributed by atoms with Gasteiger partial charge in [0, 0.05) is 22.4 Å². The number of nitrogens with zero attached hydrogens (tertiary/aromatic N) is 3. The maximum Gasteiger partial charge on any atom is 0.301 e. The standard InChI is InChI=1S/C24H16BrN3O3S/c1-13-5-6-17-18(11-13)32-24(27-17)28-20(15-3-2-4-16(25)12-15)19(22(30)23(28)31)21(29)14-7-9-26-10-8-14/h2-12,20,29H,1H3/b21-19+. The van der Waals surface area contributed by atoms with Gasteiger partial charge in [-0.1, -0.05) is 45.5 Å². The van der Waals surface area contributed by atoms with Crippen LogP contribution in [0.5, 0.6) is 0 Å². The Morgan fingerprint density at radius 3 is 2.62 bits per heavy atom. The highest BCUT2D eigenvalue weighted by Gasteiger charge is 2.48. The first kappa shape index (κ1) is 20.5. The lowest BCUT2D eigenvalue weighted by Crippen LogP contribution is -2.29. The lowest BCUT2D eigenvalue weighted by atomic mass is 9.96. The van der Waals surface area contributed by atoms with Crippen LogP contribution in [0.3, 0.4) is 0 Å². The minimum absolute atomic E-state index is 0.0229. The van der Waals surface area contributed by atoms with Crippen LogP contribution in [0.2, 0.25) is 0 Å². The summed E-state index contributed by atoms with van der Waals surface area (Å²) in [6.07, 6.45) is 3.05. The molecule has 1 saturated heterocycles. The van der Waals surface area contributed by atoms with Crippen molar-refractivity contribution in [3.8, 4) is 0 Å². The van der Waals surface area contributed by atoms with Gasteiger partial charge in [-0.3, -0.25) is 19.5 Å². The maximum absolute atomic E-state index is 13.2. The van der Waals surface area contributed by atoms with Crippen molar-refractivity contribution >= 4 is 60.1 Å². The number of pyridine rings is 1. The summed E-state index contributed by atoms with van der Waals surface area (Å²) in [5, 5.41) is 11.5. The molecule has 0 spiro atoms. The number of hydrogen-bond acceptors (Lipinski definition) is 6. The number of fused-ring (bicyclic) bond motifs is 1. The highest BCUT2D eigenvalue weighted by atomic mass is 79.9. The molecule has 3 heterocycles. The van der Waals surface area contributed by atoms with E-state index in [1.165, 1.54) is 28.6 Å². The zero-order valence-corrected chi connectivity index (χ0v) is 19.2. The minimum atomic E-state index is -0.817. The Morgan fingerprint density at radius 2 is 1.88 bits per heavy atom. The van der Waals surface area contributed by atoms with Crippen molar-refractivity contribution in [2.24, 2.45) is 0 Å². The molecule has 1 aliphatic heterocycles. The average Bonchev–Trinajstić information content (AvgIpc) is 3.32. The first-order valence-electron chi connectivity index (χ1n) is 9.78. The molecule has 0 radical (unpaired) electrons. The summed E-state index contributed by atoms with van der Waals surface area (Å²) < 4.78 is 1.72. The Balaban J connectivity index is 1.75. The number of aliphatic hydroxyl groups excluding tert-OH is 1. The third kappa shape index (κ3) is 3.41. The van der Waals surface area contributed by atoms with Gasteiger partial charge >= 0.3 is 5.91 Å². The lowest BCUT2D eigenvalue weighted by Gasteiger charge is -2.23. The number of aromatic nitrogens is 2. The summed E-state index contributed by atoms with van der Waals surface area (Å²) in [4.78, 5) is 36.4. The monoisotopic (exact) mass is 505 g/mol. The minimum Gasteiger partial charge on any atom is -0.507 e. The normalized spacial score (nSPS) is 17.9. The highest BCUT2D eigenvalue weighted by Crippen LogP contribution is 2.44. The molecule has 32 heavy (non-hydrogen) atoms. The molecule has 8 heteroatoms. The smallest absolute Gasteiger partial charge is 0.301 e. The van der Waals surface area contributed by atoms with Crippen LogP contribution in [0.15, 0.2) is 77.0 Å². The maximum atomic E-state index is 13.2. The molecule has 158 valence electrons. The fraction of sp³-hybridized carbons (Fsp3) is 0.0833. The van der Waals surface area contributed by atoms with Crippen molar-refractivity contribution in [3.63, 3.8) is 0 Å². The molecule has 1 atom stereocenters. The largest absolute Gasteiger partial charge is 0.507 e. The highest BCUT2D eigenvalue weighted by molar-refractivity contribution is 9.10. The summed E-state index contributed by atoms with van der Waals surface area (Å²) in [6, 6.07) is 15.6. The summed E-state index contributed by atoms with van der Waals surface area (Å²) in [6.45, 7) is 1.99. The van der Waals surface area contributed by atoms with Crippen molar-refractivity contribution in [1.29, 1.82) is 0 Å². The average molecular weight is 506 g/mol. The third-order valence-corrected chi connectivity index (χ3v) is 6.81. The van der Waals surface area contributed by atoms with Gasteiger partial charge in [0.05, 0.1) is 21.8 Å². The van der Waals surface area contributed by atoms with Crippen LogP contribution in [0.25, 0.3) is 16.0 Å². The van der Waals surface area contributed by atoms with E-state index in [2.05, 4.69) is 25.9 Å².